The first-order valence-corrected chi connectivity index (χ1v) is 4.21. The number of nitrogens with one attached hydrogen (secondary N) is 1. The van der Waals surface area contributed by atoms with Crippen molar-refractivity contribution in [2.45, 2.75) is 12.5 Å². The molecule has 3 nitrogen and oxygen atoms in total. The summed E-state index contributed by atoms with van der Waals surface area (Å²) in [5.41, 5.74) is 0. The van der Waals surface area contributed by atoms with E-state index < -0.39 is 6.04 Å². The molecule has 0 fully saturated rings. The van der Waals surface area contributed by atoms with Crippen LogP contribution in [-0.4, -0.2) is 22.5 Å². The summed E-state index contributed by atoms with van der Waals surface area (Å²) in [5.74, 6) is 0. The van der Waals surface area contributed by atoms with Crippen LogP contribution < -0.4 is 5.32 Å². The lowest BCUT2D eigenvalue weighted by atomic mass is 10.2. The van der Waals surface area contributed by atoms with Crippen molar-refractivity contribution in [3.8, 4) is 0 Å². The highest BCUT2D eigenvalue weighted by Gasteiger charge is 2.15. The molecule has 0 aliphatic carbocycles. The summed E-state index contributed by atoms with van der Waals surface area (Å²) in [5, 5.41) is 2.69. The summed E-state index contributed by atoms with van der Waals surface area (Å²) in [7, 11) is 1.62. The predicted octanol–water partition coefficient (Wildman–Crippen LogP) is 0.807. The number of carbonyl (C=O) groups excluding carboxylic acids is 2. The topological polar surface area (TPSA) is 46.2 Å². The van der Waals surface area contributed by atoms with E-state index in [1.54, 1.807) is 7.05 Å². The fourth-order valence-corrected chi connectivity index (χ4v) is 1.17. The molecule has 0 aromatic carbocycles. The molecular weight excluding hydrogens is 266 g/mol. The lowest BCUT2D eigenvalue weighted by Gasteiger charge is -2.06. The smallest absolute Gasteiger partial charge is 0.215 e. The Hall–Kier alpha value is 0.260. The number of halogens is 2. The first-order chi connectivity index (χ1) is 4.57. The van der Waals surface area contributed by atoms with Crippen LogP contribution in [0.15, 0.2) is 0 Å². The van der Waals surface area contributed by atoms with Crippen molar-refractivity contribution in [3.63, 3.8) is 0 Å². The highest BCUT2D eigenvalue weighted by atomic mass is 79.9. The second-order valence-corrected chi connectivity index (χ2v) is 3.37. The van der Waals surface area contributed by atoms with Crippen LogP contribution in [0.4, 0.5) is 0 Å². The first kappa shape index (κ1) is 10.3. The number of carbonyl (C=O) groups is 2. The number of hydrogen-bond acceptors (Lipinski definition) is 3. The standard InChI is InChI=1S/C5H7Br2NO2/c1-8-3(5(7)10)2-4(6)9/h3,8H,2H2,1H3/t3-/m0/s1. The maximum Gasteiger partial charge on any atom is 0.215 e. The molecule has 0 aliphatic rings. The molecule has 5 heteroatoms. The van der Waals surface area contributed by atoms with E-state index in [0.717, 1.165) is 0 Å². The van der Waals surface area contributed by atoms with Gasteiger partial charge in [0, 0.05) is 6.42 Å². The highest BCUT2D eigenvalue weighted by Crippen LogP contribution is 2.02. The molecule has 0 aromatic heterocycles. The largest absolute Gasteiger partial charge is 0.309 e. The van der Waals surface area contributed by atoms with Crippen molar-refractivity contribution in [1.29, 1.82) is 0 Å². The molecule has 0 bridgehead atoms. The molecule has 0 radical (unpaired) electrons. The maximum atomic E-state index is 10.6. The Morgan fingerprint density at radius 2 is 2.00 bits per heavy atom. The van der Waals surface area contributed by atoms with Gasteiger partial charge in [0.2, 0.25) is 4.69 Å². The van der Waals surface area contributed by atoms with Gasteiger partial charge in [-0.05, 0) is 38.9 Å². The van der Waals surface area contributed by atoms with Crippen LogP contribution in [0.1, 0.15) is 6.42 Å². The Balaban J connectivity index is 3.83. The SMILES string of the molecule is CN[C@@H](CC(=O)Br)C(=O)Br. The number of hydrogen-bond donors (Lipinski definition) is 1. The van der Waals surface area contributed by atoms with Gasteiger partial charge in [-0.1, -0.05) is 0 Å². The zero-order valence-electron chi connectivity index (χ0n) is 5.36. The Kier molecular flexibility index (Phi) is 5.11. The third-order valence-electron chi connectivity index (χ3n) is 0.987. The van der Waals surface area contributed by atoms with Gasteiger partial charge in [-0.3, -0.25) is 9.59 Å². The van der Waals surface area contributed by atoms with Crippen molar-refractivity contribution >= 4 is 41.2 Å². The van der Waals surface area contributed by atoms with E-state index in [-0.39, 0.29) is 15.8 Å². The van der Waals surface area contributed by atoms with Gasteiger partial charge in [-0.15, -0.1) is 0 Å². The average Bonchev–Trinajstić information content (AvgIpc) is 1.81. The quantitative estimate of drug-likeness (QED) is 0.771. The average molecular weight is 273 g/mol. The van der Waals surface area contributed by atoms with Gasteiger partial charge in [0.25, 0.3) is 0 Å². The van der Waals surface area contributed by atoms with E-state index >= 15 is 0 Å². The molecular formula is C5H7Br2NO2. The summed E-state index contributed by atoms with van der Waals surface area (Å²) < 4.78 is -0.387. The van der Waals surface area contributed by atoms with Gasteiger partial charge in [0.05, 0.1) is 6.04 Å². The Morgan fingerprint density at radius 1 is 1.50 bits per heavy atom. The van der Waals surface area contributed by atoms with Gasteiger partial charge in [0.15, 0.2) is 4.69 Å². The Labute approximate surface area is 75.8 Å². The van der Waals surface area contributed by atoms with Gasteiger partial charge >= 0.3 is 0 Å². The Bertz CT molecular complexity index is 149. The van der Waals surface area contributed by atoms with Gasteiger partial charge in [-0.2, -0.15) is 0 Å². The molecule has 0 saturated carbocycles. The van der Waals surface area contributed by atoms with E-state index in [4.69, 9.17) is 0 Å². The Morgan fingerprint density at radius 3 is 2.10 bits per heavy atom. The molecule has 0 spiro atoms. The zero-order valence-corrected chi connectivity index (χ0v) is 8.53. The van der Waals surface area contributed by atoms with Crippen LogP contribution in [0.25, 0.3) is 0 Å². The zero-order chi connectivity index (χ0) is 8.15. The monoisotopic (exact) mass is 271 g/mol. The van der Waals surface area contributed by atoms with Crippen LogP contribution in [0.2, 0.25) is 0 Å². The fraction of sp³-hybridized carbons (Fsp3) is 0.600. The minimum Gasteiger partial charge on any atom is -0.309 e. The lowest BCUT2D eigenvalue weighted by Crippen LogP contribution is -2.32. The molecule has 0 amide bonds. The molecule has 10 heavy (non-hydrogen) atoms. The molecule has 1 N–H and O–H groups in total. The molecule has 0 saturated heterocycles. The predicted molar refractivity (Wildman–Crippen MR) is 45.3 cm³/mol. The van der Waals surface area contributed by atoms with E-state index in [2.05, 4.69) is 37.2 Å². The van der Waals surface area contributed by atoms with E-state index in [0.29, 0.717) is 0 Å². The first-order valence-electron chi connectivity index (χ1n) is 2.63. The molecule has 0 heterocycles. The van der Waals surface area contributed by atoms with Crippen molar-refractivity contribution in [3.05, 3.63) is 0 Å². The molecule has 0 unspecified atom stereocenters. The summed E-state index contributed by atoms with van der Waals surface area (Å²) in [6.45, 7) is 0. The second kappa shape index (κ2) is 4.98. The number of rotatable bonds is 4. The van der Waals surface area contributed by atoms with E-state index in [1.807, 2.05) is 0 Å². The van der Waals surface area contributed by atoms with Gasteiger partial charge < -0.3 is 5.32 Å². The van der Waals surface area contributed by atoms with Gasteiger partial charge in [-0.25, -0.2) is 0 Å². The molecule has 0 rings (SSSR count). The third-order valence-corrected chi connectivity index (χ3v) is 1.86. The van der Waals surface area contributed by atoms with Gasteiger partial charge in [0.1, 0.15) is 0 Å². The van der Waals surface area contributed by atoms with Crippen LogP contribution in [-0.2, 0) is 9.59 Å². The number of likely N-dealkylation sites (N-methyl/N-ethyl adjacent to an activating group) is 1. The highest BCUT2D eigenvalue weighted by molar-refractivity contribution is 9.18. The van der Waals surface area contributed by atoms with Crippen molar-refractivity contribution in [2.75, 3.05) is 7.05 Å². The van der Waals surface area contributed by atoms with Crippen LogP contribution >= 0.6 is 31.9 Å². The normalized spacial score (nSPS) is 12.7. The van der Waals surface area contributed by atoms with Crippen molar-refractivity contribution < 1.29 is 9.59 Å². The van der Waals surface area contributed by atoms with Crippen molar-refractivity contribution in [1.82, 2.24) is 5.32 Å². The van der Waals surface area contributed by atoms with Crippen LogP contribution in [0.5, 0.6) is 0 Å². The van der Waals surface area contributed by atoms with E-state index in [1.165, 1.54) is 0 Å². The van der Waals surface area contributed by atoms with Crippen LogP contribution in [0.3, 0.4) is 0 Å². The summed E-state index contributed by atoms with van der Waals surface area (Å²) in [6, 6.07) is -0.424. The molecule has 0 aromatic rings. The van der Waals surface area contributed by atoms with Crippen LogP contribution in [0, 0.1) is 0 Å². The minimum absolute atomic E-state index is 0.167. The summed E-state index contributed by atoms with van der Waals surface area (Å²) in [6.07, 6.45) is 0.167. The summed E-state index contributed by atoms with van der Waals surface area (Å²) >= 11 is 5.49. The summed E-state index contributed by atoms with van der Waals surface area (Å²) in [4.78, 5) is 21.0. The van der Waals surface area contributed by atoms with E-state index in [9.17, 15) is 9.59 Å². The second-order valence-electron chi connectivity index (χ2n) is 1.70. The fourth-order valence-electron chi connectivity index (χ4n) is 0.456. The van der Waals surface area contributed by atoms with Crippen molar-refractivity contribution in [2.24, 2.45) is 0 Å². The molecule has 1 atom stereocenters. The molecule has 58 valence electrons. The molecule has 0 aliphatic heterocycles. The lowest BCUT2D eigenvalue weighted by molar-refractivity contribution is -0.116. The minimum atomic E-state index is -0.424. The third kappa shape index (κ3) is 4.14. The maximum absolute atomic E-state index is 10.6.